The van der Waals surface area contributed by atoms with Crippen LogP contribution in [0.4, 0.5) is 17.6 Å². The Morgan fingerprint density at radius 2 is 1.71 bits per heavy atom. The summed E-state index contributed by atoms with van der Waals surface area (Å²) in [5.74, 6) is -1.12. The normalized spacial score (nSPS) is 11.3. The quantitative estimate of drug-likeness (QED) is 0.217. The molecule has 0 fully saturated rings. The van der Waals surface area contributed by atoms with Crippen molar-refractivity contribution in [3.8, 4) is 11.4 Å². The predicted octanol–water partition coefficient (Wildman–Crippen LogP) is 4.32. The molecule has 2 aromatic heterocycles. The first-order valence-corrected chi connectivity index (χ1v) is 11.0. The van der Waals surface area contributed by atoms with Crippen LogP contribution in [0.5, 0.6) is 5.75 Å². The van der Waals surface area contributed by atoms with E-state index in [1.807, 2.05) is 0 Å². The van der Waals surface area contributed by atoms with Crippen LogP contribution in [0.25, 0.3) is 5.69 Å². The number of nitrogens with one attached hydrogen (secondary N) is 1. The lowest BCUT2D eigenvalue weighted by Gasteiger charge is -2.11. The first-order chi connectivity index (χ1) is 16.8. The van der Waals surface area contributed by atoms with Crippen molar-refractivity contribution in [1.29, 1.82) is 0 Å². The zero-order valence-electron chi connectivity index (χ0n) is 17.7. The third-order valence-electron chi connectivity index (χ3n) is 4.54. The van der Waals surface area contributed by atoms with Gasteiger partial charge in [-0.15, -0.1) is 18.3 Å². The fourth-order valence-electron chi connectivity index (χ4n) is 2.97. The zero-order chi connectivity index (χ0) is 24.8. The molecule has 0 atom stereocenters. The average molecular weight is 504 g/mol. The number of alkyl halides is 3. The van der Waals surface area contributed by atoms with Crippen molar-refractivity contribution in [3.63, 3.8) is 0 Å². The molecule has 13 heteroatoms. The molecule has 0 unspecified atom stereocenters. The van der Waals surface area contributed by atoms with Gasteiger partial charge in [-0.3, -0.25) is 4.79 Å². The number of carbonyl (C=O) groups excluding carboxylic acids is 1. The molecule has 1 N–H and O–H groups in total. The van der Waals surface area contributed by atoms with Crippen LogP contribution in [0.2, 0.25) is 0 Å². The van der Waals surface area contributed by atoms with Gasteiger partial charge in [-0.25, -0.2) is 19.0 Å². The fraction of sp³-hybridized carbons (Fsp3) is 0.136. The summed E-state index contributed by atoms with van der Waals surface area (Å²) in [6.07, 6.45) is -1.68. The monoisotopic (exact) mass is 504 g/mol. The minimum absolute atomic E-state index is 0.0196. The average Bonchev–Trinajstić information content (AvgIpc) is 3.26. The molecule has 4 rings (SSSR count). The smallest absolute Gasteiger partial charge is 0.406 e. The third-order valence-corrected chi connectivity index (χ3v) is 5.43. The summed E-state index contributed by atoms with van der Waals surface area (Å²) in [4.78, 5) is 21.1. The van der Waals surface area contributed by atoms with E-state index in [9.17, 15) is 22.4 Å². The van der Waals surface area contributed by atoms with Crippen molar-refractivity contribution in [2.24, 2.45) is 0 Å². The molecule has 0 spiro atoms. The zero-order valence-corrected chi connectivity index (χ0v) is 18.6. The number of rotatable bonds is 8. The van der Waals surface area contributed by atoms with Gasteiger partial charge in [-0.1, -0.05) is 29.1 Å². The Hall–Kier alpha value is -4.00. The molecule has 0 radical (unpaired) electrons. The van der Waals surface area contributed by atoms with Crippen LogP contribution < -0.4 is 10.1 Å². The Bertz CT molecular complexity index is 1280. The second-order valence-electron chi connectivity index (χ2n) is 6.97. The van der Waals surface area contributed by atoms with Crippen molar-refractivity contribution in [1.82, 2.24) is 30.3 Å². The molecule has 4 aromatic rings. The lowest BCUT2D eigenvalue weighted by Crippen LogP contribution is -2.24. The molecule has 35 heavy (non-hydrogen) atoms. The number of ether oxygens (including phenoxy) is 1. The summed E-state index contributed by atoms with van der Waals surface area (Å²) >= 11 is 1.23. The standard InChI is InChI=1S/C22H16F4N6O2S/c23-15-4-2-14(3-5-15)12-29-20(33)19-18(13-35-21-27-10-1-11-28-21)32(31-30-19)16-6-8-17(9-7-16)34-22(24,25)26/h1-11H,12-13H2,(H,29,33). The summed E-state index contributed by atoms with van der Waals surface area (Å²) in [6.45, 7) is 0.129. The SMILES string of the molecule is O=C(NCc1ccc(F)cc1)c1nnn(-c2ccc(OC(F)(F)F)cc2)c1CSc1ncccn1. The van der Waals surface area contributed by atoms with Crippen LogP contribution in [-0.4, -0.2) is 37.2 Å². The number of carbonyl (C=O) groups is 1. The Balaban J connectivity index is 1.58. The van der Waals surface area contributed by atoms with Crippen molar-refractivity contribution in [2.45, 2.75) is 23.8 Å². The highest BCUT2D eigenvalue weighted by molar-refractivity contribution is 7.98. The molecule has 2 heterocycles. The van der Waals surface area contributed by atoms with E-state index in [0.717, 1.165) is 12.1 Å². The van der Waals surface area contributed by atoms with E-state index in [4.69, 9.17) is 0 Å². The maximum absolute atomic E-state index is 13.1. The van der Waals surface area contributed by atoms with Gasteiger partial charge in [0.25, 0.3) is 5.91 Å². The summed E-state index contributed by atoms with van der Waals surface area (Å²) < 4.78 is 55.8. The molecule has 8 nitrogen and oxygen atoms in total. The first kappa shape index (κ1) is 24.1. The van der Waals surface area contributed by atoms with Gasteiger partial charge in [0.15, 0.2) is 10.9 Å². The third kappa shape index (κ3) is 6.53. The number of thioether (sulfide) groups is 1. The van der Waals surface area contributed by atoms with Crippen LogP contribution in [0.1, 0.15) is 21.7 Å². The number of benzene rings is 2. The van der Waals surface area contributed by atoms with E-state index in [2.05, 4.69) is 30.3 Å². The van der Waals surface area contributed by atoms with Gasteiger partial charge in [-0.05, 0) is 48.0 Å². The Labute approximate surface area is 200 Å². The predicted molar refractivity (Wildman–Crippen MR) is 117 cm³/mol. The van der Waals surface area contributed by atoms with Crippen LogP contribution in [0.3, 0.4) is 0 Å². The molecule has 1 amide bonds. The van der Waals surface area contributed by atoms with E-state index in [1.54, 1.807) is 30.6 Å². The van der Waals surface area contributed by atoms with Crippen LogP contribution in [0, 0.1) is 5.82 Å². The van der Waals surface area contributed by atoms with Gasteiger partial charge in [0.1, 0.15) is 11.6 Å². The summed E-state index contributed by atoms with van der Waals surface area (Å²) in [5.41, 5.74) is 1.45. The molecular formula is C22H16F4N6O2S. The first-order valence-electron chi connectivity index (χ1n) is 10.0. The van der Waals surface area contributed by atoms with E-state index in [-0.39, 0.29) is 18.0 Å². The minimum Gasteiger partial charge on any atom is -0.406 e. The molecule has 0 bridgehead atoms. The van der Waals surface area contributed by atoms with Crippen molar-refractivity contribution < 1.29 is 27.1 Å². The topological polar surface area (TPSA) is 94.8 Å². The molecule has 0 saturated carbocycles. The molecule has 0 aliphatic heterocycles. The van der Waals surface area contributed by atoms with Gasteiger partial charge in [0.05, 0.1) is 11.4 Å². The fourth-order valence-corrected chi connectivity index (χ4v) is 3.76. The molecule has 180 valence electrons. The second-order valence-corrected chi connectivity index (χ2v) is 7.91. The highest BCUT2D eigenvalue weighted by Gasteiger charge is 2.31. The molecular weight excluding hydrogens is 488 g/mol. The van der Waals surface area contributed by atoms with Gasteiger partial charge in [0.2, 0.25) is 0 Å². The van der Waals surface area contributed by atoms with Crippen molar-refractivity contribution in [2.75, 3.05) is 0 Å². The van der Waals surface area contributed by atoms with Gasteiger partial charge < -0.3 is 10.1 Å². The number of halogens is 4. The lowest BCUT2D eigenvalue weighted by molar-refractivity contribution is -0.274. The van der Waals surface area contributed by atoms with E-state index in [1.165, 1.54) is 40.7 Å². The van der Waals surface area contributed by atoms with Crippen LogP contribution in [-0.2, 0) is 12.3 Å². The van der Waals surface area contributed by atoms with Crippen molar-refractivity contribution in [3.05, 3.63) is 89.8 Å². The number of amides is 1. The number of hydrogen-bond acceptors (Lipinski definition) is 7. The second kappa shape index (κ2) is 10.5. The van der Waals surface area contributed by atoms with Crippen LogP contribution in [0.15, 0.2) is 72.1 Å². The lowest BCUT2D eigenvalue weighted by atomic mass is 10.2. The molecule has 0 aliphatic rings. The van der Waals surface area contributed by atoms with E-state index in [0.29, 0.717) is 22.1 Å². The maximum atomic E-state index is 13.1. The summed E-state index contributed by atoms with van der Waals surface area (Å²) in [5, 5.41) is 11.2. The van der Waals surface area contributed by atoms with Crippen molar-refractivity contribution >= 4 is 17.7 Å². The highest BCUT2D eigenvalue weighted by atomic mass is 32.2. The Morgan fingerprint density at radius 1 is 1.03 bits per heavy atom. The minimum atomic E-state index is -4.82. The Kier molecular flexibility index (Phi) is 7.25. The molecule has 2 aromatic carbocycles. The summed E-state index contributed by atoms with van der Waals surface area (Å²) in [7, 11) is 0. The Morgan fingerprint density at radius 3 is 2.37 bits per heavy atom. The molecule has 0 saturated heterocycles. The van der Waals surface area contributed by atoms with E-state index < -0.39 is 23.8 Å². The van der Waals surface area contributed by atoms with E-state index >= 15 is 0 Å². The number of hydrogen-bond donors (Lipinski definition) is 1. The largest absolute Gasteiger partial charge is 0.573 e. The van der Waals surface area contributed by atoms with Gasteiger partial charge in [-0.2, -0.15) is 0 Å². The van der Waals surface area contributed by atoms with Gasteiger partial charge >= 0.3 is 6.36 Å². The molecule has 0 aliphatic carbocycles. The highest BCUT2D eigenvalue weighted by Crippen LogP contribution is 2.26. The number of nitrogens with zero attached hydrogens (tertiary/aromatic N) is 5. The summed E-state index contributed by atoms with van der Waals surface area (Å²) in [6, 6.07) is 12.3. The van der Waals surface area contributed by atoms with Gasteiger partial charge in [0, 0.05) is 24.7 Å². The number of aromatic nitrogens is 5. The van der Waals surface area contributed by atoms with Crippen LogP contribution >= 0.6 is 11.8 Å². The maximum Gasteiger partial charge on any atom is 0.573 e.